The smallest absolute Gasteiger partial charge is 0.407 e. The number of nitrogens with zero attached hydrogens (tertiary/aromatic N) is 1. The van der Waals surface area contributed by atoms with Gasteiger partial charge in [0.1, 0.15) is 5.75 Å². The van der Waals surface area contributed by atoms with Gasteiger partial charge in [-0.2, -0.15) is 0 Å². The molecule has 0 saturated carbocycles. The van der Waals surface area contributed by atoms with Crippen molar-refractivity contribution in [2.24, 2.45) is 0 Å². The SMILES string of the molecule is O=C(O)N1CCCc2ccc(O)cc2C1Cc1ccccc1. The van der Waals surface area contributed by atoms with Crippen molar-refractivity contribution in [1.29, 1.82) is 0 Å². The lowest BCUT2D eigenvalue weighted by Gasteiger charge is -2.29. The van der Waals surface area contributed by atoms with Crippen LogP contribution in [0.5, 0.6) is 5.75 Å². The van der Waals surface area contributed by atoms with E-state index in [4.69, 9.17) is 0 Å². The molecule has 1 aliphatic rings. The zero-order valence-corrected chi connectivity index (χ0v) is 12.3. The van der Waals surface area contributed by atoms with Crippen LogP contribution in [-0.2, 0) is 12.8 Å². The van der Waals surface area contributed by atoms with Gasteiger partial charge in [0, 0.05) is 6.54 Å². The fraction of sp³-hybridized carbons (Fsp3) is 0.278. The van der Waals surface area contributed by atoms with Crippen molar-refractivity contribution in [2.75, 3.05) is 6.54 Å². The van der Waals surface area contributed by atoms with E-state index in [9.17, 15) is 15.0 Å². The second-order valence-electron chi connectivity index (χ2n) is 5.67. The summed E-state index contributed by atoms with van der Waals surface area (Å²) in [6.45, 7) is 0.516. The Morgan fingerprint density at radius 1 is 1.18 bits per heavy atom. The Balaban J connectivity index is 2.03. The van der Waals surface area contributed by atoms with E-state index in [0.717, 1.165) is 29.5 Å². The number of amides is 1. The molecule has 1 atom stereocenters. The van der Waals surface area contributed by atoms with E-state index in [2.05, 4.69) is 0 Å². The van der Waals surface area contributed by atoms with Crippen molar-refractivity contribution in [3.05, 3.63) is 65.2 Å². The number of fused-ring (bicyclic) bond motifs is 1. The van der Waals surface area contributed by atoms with Crippen LogP contribution in [0.3, 0.4) is 0 Å². The summed E-state index contributed by atoms with van der Waals surface area (Å²) in [7, 11) is 0. The first-order valence-electron chi connectivity index (χ1n) is 7.50. The normalized spacial score (nSPS) is 17.6. The Hall–Kier alpha value is -2.49. The second kappa shape index (κ2) is 6.10. The van der Waals surface area contributed by atoms with Crippen molar-refractivity contribution >= 4 is 6.09 Å². The summed E-state index contributed by atoms with van der Waals surface area (Å²) in [6.07, 6.45) is 1.35. The number of phenols is 1. The lowest BCUT2D eigenvalue weighted by atomic mass is 9.93. The molecule has 1 aliphatic heterocycles. The first kappa shape index (κ1) is 14.4. The predicted molar refractivity (Wildman–Crippen MR) is 84.0 cm³/mol. The quantitative estimate of drug-likeness (QED) is 0.890. The molecule has 0 aliphatic carbocycles. The third-order valence-corrected chi connectivity index (χ3v) is 4.23. The number of phenolic OH excluding ortho intramolecular Hbond substituents is 1. The van der Waals surface area contributed by atoms with E-state index in [-0.39, 0.29) is 11.8 Å². The molecule has 4 nitrogen and oxygen atoms in total. The van der Waals surface area contributed by atoms with E-state index in [1.54, 1.807) is 12.1 Å². The lowest BCUT2D eigenvalue weighted by molar-refractivity contribution is 0.125. The highest BCUT2D eigenvalue weighted by atomic mass is 16.4. The lowest BCUT2D eigenvalue weighted by Crippen LogP contribution is -2.34. The van der Waals surface area contributed by atoms with Gasteiger partial charge in [-0.1, -0.05) is 36.4 Å². The Bertz CT molecular complexity index is 669. The number of hydrogen-bond acceptors (Lipinski definition) is 2. The summed E-state index contributed by atoms with van der Waals surface area (Å²) in [4.78, 5) is 13.2. The Labute approximate surface area is 129 Å². The van der Waals surface area contributed by atoms with Gasteiger partial charge in [0.25, 0.3) is 0 Å². The first-order valence-corrected chi connectivity index (χ1v) is 7.50. The van der Waals surface area contributed by atoms with Gasteiger partial charge >= 0.3 is 6.09 Å². The average molecular weight is 297 g/mol. The van der Waals surface area contributed by atoms with Crippen LogP contribution >= 0.6 is 0 Å². The number of benzene rings is 2. The van der Waals surface area contributed by atoms with Crippen LogP contribution in [0.1, 0.15) is 29.2 Å². The number of carbonyl (C=O) groups is 1. The van der Waals surface area contributed by atoms with Gasteiger partial charge in [0.15, 0.2) is 0 Å². The summed E-state index contributed by atoms with van der Waals surface area (Å²) < 4.78 is 0. The number of carboxylic acid groups (broad SMARTS) is 1. The molecule has 1 amide bonds. The third-order valence-electron chi connectivity index (χ3n) is 4.23. The first-order chi connectivity index (χ1) is 10.6. The van der Waals surface area contributed by atoms with Crippen LogP contribution in [0.4, 0.5) is 4.79 Å². The molecule has 4 heteroatoms. The highest BCUT2D eigenvalue weighted by molar-refractivity contribution is 5.66. The molecule has 0 spiro atoms. The molecule has 2 N–H and O–H groups in total. The van der Waals surface area contributed by atoms with E-state index >= 15 is 0 Å². The molecular formula is C18H19NO3. The Morgan fingerprint density at radius 3 is 2.68 bits per heavy atom. The number of rotatable bonds is 2. The van der Waals surface area contributed by atoms with Gasteiger partial charge < -0.3 is 15.1 Å². The molecule has 22 heavy (non-hydrogen) atoms. The molecule has 114 valence electrons. The summed E-state index contributed by atoms with van der Waals surface area (Å²) in [5.74, 6) is 0.184. The van der Waals surface area contributed by atoms with Gasteiger partial charge in [0.05, 0.1) is 6.04 Å². The monoisotopic (exact) mass is 297 g/mol. The van der Waals surface area contributed by atoms with Crippen LogP contribution in [0.15, 0.2) is 48.5 Å². The fourth-order valence-electron chi connectivity index (χ4n) is 3.17. The Kier molecular flexibility index (Phi) is 4.00. The summed E-state index contributed by atoms with van der Waals surface area (Å²) in [5, 5.41) is 19.4. The van der Waals surface area contributed by atoms with E-state index in [1.165, 1.54) is 4.90 Å². The standard InChI is InChI=1S/C18H19NO3/c20-15-9-8-14-7-4-10-19(18(21)22)17(16(14)12-15)11-13-5-2-1-3-6-13/h1-3,5-6,8-9,12,17,20H,4,7,10-11H2,(H,21,22). The molecule has 0 radical (unpaired) electrons. The highest BCUT2D eigenvalue weighted by Crippen LogP contribution is 2.33. The largest absolute Gasteiger partial charge is 0.508 e. The zero-order valence-electron chi connectivity index (χ0n) is 12.3. The van der Waals surface area contributed by atoms with Crippen molar-refractivity contribution < 1.29 is 15.0 Å². The second-order valence-corrected chi connectivity index (χ2v) is 5.67. The van der Waals surface area contributed by atoms with Gasteiger partial charge in [0.2, 0.25) is 0 Å². The number of aromatic hydroxyl groups is 1. The molecule has 2 aromatic rings. The van der Waals surface area contributed by atoms with E-state index in [1.807, 2.05) is 36.4 Å². The molecule has 1 heterocycles. The average Bonchev–Trinajstić information content (AvgIpc) is 2.68. The molecule has 1 unspecified atom stereocenters. The van der Waals surface area contributed by atoms with Gasteiger partial charge in [-0.25, -0.2) is 4.79 Å². The molecule has 3 rings (SSSR count). The molecule has 0 fully saturated rings. The van der Waals surface area contributed by atoms with Gasteiger partial charge in [-0.05, 0) is 48.1 Å². The van der Waals surface area contributed by atoms with Crippen LogP contribution in [0.2, 0.25) is 0 Å². The van der Waals surface area contributed by atoms with Gasteiger partial charge in [-0.15, -0.1) is 0 Å². The van der Waals surface area contributed by atoms with E-state index in [0.29, 0.717) is 13.0 Å². The summed E-state index contributed by atoms with van der Waals surface area (Å²) >= 11 is 0. The number of hydrogen-bond donors (Lipinski definition) is 2. The van der Waals surface area contributed by atoms with Gasteiger partial charge in [-0.3, -0.25) is 0 Å². The maximum Gasteiger partial charge on any atom is 0.407 e. The molecule has 0 bridgehead atoms. The molecular weight excluding hydrogens is 278 g/mol. The minimum absolute atomic E-state index is 0.184. The van der Waals surface area contributed by atoms with Crippen LogP contribution < -0.4 is 0 Å². The van der Waals surface area contributed by atoms with Crippen molar-refractivity contribution in [1.82, 2.24) is 4.90 Å². The Morgan fingerprint density at radius 2 is 1.95 bits per heavy atom. The molecule has 0 aromatic heterocycles. The minimum atomic E-state index is -0.905. The fourth-order valence-corrected chi connectivity index (χ4v) is 3.17. The maximum atomic E-state index is 11.7. The topological polar surface area (TPSA) is 60.8 Å². The van der Waals surface area contributed by atoms with Crippen LogP contribution in [0, 0.1) is 0 Å². The van der Waals surface area contributed by atoms with Crippen LogP contribution in [-0.4, -0.2) is 27.8 Å². The van der Waals surface area contributed by atoms with Crippen molar-refractivity contribution in [3.63, 3.8) is 0 Å². The summed E-state index contributed by atoms with van der Waals surface area (Å²) in [6, 6.07) is 14.9. The van der Waals surface area contributed by atoms with Crippen LogP contribution in [0.25, 0.3) is 0 Å². The third kappa shape index (κ3) is 2.91. The number of aryl methyl sites for hydroxylation is 1. The molecule has 0 saturated heterocycles. The summed E-state index contributed by atoms with van der Waals surface area (Å²) in [5.41, 5.74) is 3.14. The predicted octanol–water partition coefficient (Wildman–Crippen LogP) is 3.60. The maximum absolute atomic E-state index is 11.7. The minimum Gasteiger partial charge on any atom is -0.508 e. The highest BCUT2D eigenvalue weighted by Gasteiger charge is 2.29. The van der Waals surface area contributed by atoms with E-state index < -0.39 is 6.09 Å². The molecule has 2 aromatic carbocycles. The van der Waals surface area contributed by atoms with Crippen molar-refractivity contribution in [2.45, 2.75) is 25.3 Å². The van der Waals surface area contributed by atoms with Crippen molar-refractivity contribution in [3.8, 4) is 5.75 Å². The zero-order chi connectivity index (χ0) is 15.5.